The fourth-order valence-electron chi connectivity index (χ4n) is 2.19. The van der Waals surface area contributed by atoms with E-state index in [0.717, 1.165) is 18.5 Å². The van der Waals surface area contributed by atoms with Crippen LogP contribution in [0.3, 0.4) is 0 Å². The van der Waals surface area contributed by atoms with E-state index in [2.05, 4.69) is 10.3 Å². The predicted molar refractivity (Wildman–Crippen MR) is 80.3 cm³/mol. The van der Waals surface area contributed by atoms with Crippen molar-refractivity contribution in [1.82, 2.24) is 10.3 Å². The number of hydrogen-bond acceptors (Lipinski definition) is 2. The lowest BCUT2D eigenvalue weighted by molar-refractivity contribution is 0.494. The minimum absolute atomic E-state index is 0.226. The van der Waals surface area contributed by atoms with Crippen LogP contribution in [0.25, 0.3) is 0 Å². The van der Waals surface area contributed by atoms with Gasteiger partial charge in [-0.25, -0.2) is 8.78 Å². The zero-order valence-electron chi connectivity index (χ0n) is 11.7. The number of aromatic nitrogens is 1. The van der Waals surface area contributed by atoms with Crippen LogP contribution in [-0.4, -0.2) is 11.5 Å². The summed E-state index contributed by atoms with van der Waals surface area (Å²) in [4.78, 5) is 3.77. The molecule has 0 aliphatic rings. The summed E-state index contributed by atoms with van der Waals surface area (Å²) in [5.41, 5.74) is 1.32. The Morgan fingerprint density at radius 3 is 2.76 bits per heavy atom. The van der Waals surface area contributed by atoms with Crippen LogP contribution in [0.4, 0.5) is 8.78 Å². The lowest BCUT2D eigenvalue weighted by Crippen LogP contribution is -2.25. The summed E-state index contributed by atoms with van der Waals surface area (Å²) < 4.78 is 27.0. The van der Waals surface area contributed by atoms with Gasteiger partial charge in [0.25, 0.3) is 0 Å². The second-order valence-electron chi connectivity index (χ2n) is 4.84. The van der Waals surface area contributed by atoms with Crippen molar-refractivity contribution in [3.8, 4) is 0 Å². The molecule has 1 aromatic carbocycles. The molecular formula is C16H17ClF2N2. The molecule has 0 spiro atoms. The van der Waals surface area contributed by atoms with Crippen molar-refractivity contribution in [3.05, 3.63) is 64.4 Å². The van der Waals surface area contributed by atoms with Gasteiger partial charge in [-0.2, -0.15) is 0 Å². The number of rotatable bonds is 6. The minimum Gasteiger partial charge on any atom is -0.310 e. The summed E-state index contributed by atoms with van der Waals surface area (Å²) in [5, 5.41) is 3.65. The molecule has 0 bridgehead atoms. The van der Waals surface area contributed by atoms with E-state index in [1.165, 1.54) is 18.3 Å². The summed E-state index contributed by atoms with van der Waals surface area (Å²) in [6, 6.07) is 5.70. The highest BCUT2D eigenvalue weighted by molar-refractivity contribution is 6.31. The van der Waals surface area contributed by atoms with Gasteiger partial charge in [0.1, 0.15) is 11.6 Å². The Balaban J connectivity index is 2.26. The molecule has 1 atom stereocenters. The molecule has 0 radical (unpaired) electrons. The van der Waals surface area contributed by atoms with E-state index in [1.54, 1.807) is 18.3 Å². The molecule has 5 heteroatoms. The molecule has 0 fully saturated rings. The van der Waals surface area contributed by atoms with Crippen molar-refractivity contribution < 1.29 is 8.78 Å². The Kier molecular flexibility index (Phi) is 5.65. The van der Waals surface area contributed by atoms with Crippen LogP contribution >= 0.6 is 11.6 Å². The Morgan fingerprint density at radius 2 is 2.10 bits per heavy atom. The number of benzene rings is 1. The number of nitrogens with zero attached hydrogens (tertiary/aromatic N) is 1. The fourth-order valence-corrected chi connectivity index (χ4v) is 2.43. The smallest absolute Gasteiger partial charge is 0.146 e. The van der Waals surface area contributed by atoms with Crippen molar-refractivity contribution in [3.63, 3.8) is 0 Å². The summed E-state index contributed by atoms with van der Waals surface area (Å²) >= 11 is 6.06. The molecule has 0 aliphatic heterocycles. The maximum Gasteiger partial charge on any atom is 0.146 e. The van der Waals surface area contributed by atoms with Crippen LogP contribution in [0.5, 0.6) is 0 Å². The van der Waals surface area contributed by atoms with Gasteiger partial charge in [0.15, 0.2) is 0 Å². The second kappa shape index (κ2) is 7.48. The molecule has 1 aromatic heterocycles. The van der Waals surface area contributed by atoms with Crippen molar-refractivity contribution >= 4 is 11.6 Å². The monoisotopic (exact) mass is 310 g/mol. The van der Waals surface area contributed by atoms with Crippen LogP contribution in [-0.2, 0) is 6.42 Å². The Hall–Kier alpha value is -1.52. The maximum absolute atomic E-state index is 13.9. The first-order valence-electron chi connectivity index (χ1n) is 6.88. The van der Waals surface area contributed by atoms with Gasteiger partial charge in [0.2, 0.25) is 0 Å². The Bertz CT molecular complexity index is 605. The molecular weight excluding hydrogens is 294 g/mol. The van der Waals surface area contributed by atoms with Gasteiger partial charge >= 0.3 is 0 Å². The van der Waals surface area contributed by atoms with E-state index in [-0.39, 0.29) is 17.7 Å². The van der Waals surface area contributed by atoms with E-state index < -0.39 is 0 Å². The van der Waals surface area contributed by atoms with Crippen LogP contribution in [0.15, 0.2) is 36.7 Å². The highest BCUT2D eigenvalue weighted by atomic mass is 35.5. The Morgan fingerprint density at radius 1 is 1.29 bits per heavy atom. The van der Waals surface area contributed by atoms with Gasteiger partial charge in [-0.15, -0.1) is 0 Å². The van der Waals surface area contributed by atoms with E-state index >= 15 is 0 Å². The third-order valence-corrected chi connectivity index (χ3v) is 3.61. The lowest BCUT2D eigenvalue weighted by Gasteiger charge is -2.20. The lowest BCUT2D eigenvalue weighted by atomic mass is 9.99. The molecule has 112 valence electrons. The number of hydrogen-bond donors (Lipinski definition) is 1. The van der Waals surface area contributed by atoms with Gasteiger partial charge in [-0.3, -0.25) is 4.98 Å². The third-order valence-electron chi connectivity index (χ3n) is 3.26. The summed E-state index contributed by atoms with van der Waals surface area (Å²) in [7, 11) is 0. The van der Waals surface area contributed by atoms with E-state index in [1.807, 2.05) is 6.92 Å². The van der Waals surface area contributed by atoms with Crippen LogP contribution in [0.2, 0.25) is 5.02 Å². The highest BCUT2D eigenvalue weighted by Crippen LogP contribution is 2.25. The maximum atomic E-state index is 13.9. The van der Waals surface area contributed by atoms with Gasteiger partial charge in [0, 0.05) is 22.8 Å². The summed E-state index contributed by atoms with van der Waals surface area (Å²) in [5.74, 6) is -0.735. The van der Waals surface area contributed by atoms with Crippen molar-refractivity contribution in [2.24, 2.45) is 0 Å². The number of nitrogens with one attached hydrogen (secondary N) is 1. The quantitative estimate of drug-likeness (QED) is 0.860. The fraction of sp³-hybridized carbons (Fsp3) is 0.312. The van der Waals surface area contributed by atoms with Gasteiger partial charge in [0.05, 0.1) is 6.20 Å². The van der Waals surface area contributed by atoms with Gasteiger partial charge in [-0.05, 0) is 43.1 Å². The first kappa shape index (κ1) is 15.9. The SMILES string of the molecule is CCCNC(Cc1ccc(F)cc1Cl)c1ccncc1F. The van der Waals surface area contributed by atoms with Crippen molar-refractivity contribution in [2.75, 3.05) is 6.54 Å². The number of halogens is 3. The average molecular weight is 311 g/mol. The molecule has 1 N–H and O–H groups in total. The standard InChI is InChI=1S/C16H17ClF2N2/c1-2-6-21-16(13-5-7-20-10-15(13)19)8-11-3-4-12(18)9-14(11)17/h3-5,7,9-10,16,21H,2,6,8H2,1H3. The van der Waals surface area contributed by atoms with E-state index in [9.17, 15) is 8.78 Å². The van der Waals surface area contributed by atoms with Gasteiger partial charge < -0.3 is 5.32 Å². The molecule has 0 saturated carbocycles. The van der Waals surface area contributed by atoms with Crippen molar-refractivity contribution in [2.45, 2.75) is 25.8 Å². The summed E-state index contributed by atoms with van der Waals surface area (Å²) in [6.45, 7) is 2.79. The molecule has 1 heterocycles. The van der Waals surface area contributed by atoms with E-state index in [4.69, 9.17) is 11.6 Å². The number of pyridine rings is 1. The molecule has 2 rings (SSSR count). The Labute approximate surface area is 128 Å². The zero-order chi connectivity index (χ0) is 15.2. The topological polar surface area (TPSA) is 24.9 Å². The van der Waals surface area contributed by atoms with Crippen LogP contribution in [0.1, 0.15) is 30.5 Å². The normalized spacial score (nSPS) is 12.4. The van der Waals surface area contributed by atoms with Crippen LogP contribution < -0.4 is 5.32 Å². The second-order valence-corrected chi connectivity index (χ2v) is 5.25. The van der Waals surface area contributed by atoms with Gasteiger partial charge in [-0.1, -0.05) is 24.6 Å². The zero-order valence-corrected chi connectivity index (χ0v) is 12.5. The molecule has 0 aliphatic carbocycles. The third kappa shape index (κ3) is 4.22. The van der Waals surface area contributed by atoms with E-state index in [0.29, 0.717) is 17.0 Å². The predicted octanol–water partition coefficient (Wildman–Crippen LogP) is 4.30. The molecule has 21 heavy (non-hydrogen) atoms. The first-order chi connectivity index (χ1) is 10.1. The largest absolute Gasteiger partial charge is 0.310 e. The average Bonchev–Trinajstić information content (AvgIpc) is 2.46. The summed E-state index contributed by atoms with van der Waals surface area (Å²) in [6.07, 6.45) is 4.17. The van der Waals surface area contributed by atoms with Crippen molar-refractivity contribution in [1.29, 1.82) is 0 Å². The minimum atomic E-state index is -0.378. The molecule has 0 saturated heterocycles. The molecule has 1 unspecified atom stereocenters. The molecule has 0 amide bonds. The molecule has 2 aromatic rings. The van der Waals surface area contributed by atoms with Crippen LogP contribution in [0, 0.1) is 11.6 Å². The first-order valence-corrected chi connectivity index (χ1v) is 7.26. The molecule has 2 nitrogen and oxygen atoms in total. The highest BCUT2D eigenvalue weighted by Gasteiger charge is 2.17.